The van der Waals surface area contributed by atoms with Crippen molar-refractivity contribution in [2.24, 2.45) is 17.8 Å². The van der Waals surface area contributed by atoms with Crippen LogP contribution in [0.15, 0.2) is 78.0 Å². The number of aryl methyl sites for hydroxylation is 1. The number of hydrogen-bond donors (Lipinski definition) is 3. The number of rotatable bonds is 5. The van der Waals surface area contributed by atoms with Crippen LogP contribution in [0.3, 0.4) is 0 Å². The maximum Gasteiger partial charge on any atom is 0.417 e. The van der Waals surface area contributed by atoms with Crippen LogP contribution in [0.4, 0.5) is 24.5 Å². The van der Waals surface area contributed by atoms with E-state index in [0.29, 0.717) is 5.69 Å². The Morgan fingerprint density at radius 1 is 1.03 bits per heavy atom. The Morgan fingerprint density at radius 2 is 1.76 bits per heavy atom. The van der Waals surface area contributed by atoms with E-state index in [1.165, 1.54) is 29.2 Å². The molecular weight excluding hydrogens is 487 g/mol. The second-order valence-corrected chi connectivity index (χ2v) is 7.91. The van der Waals surface area contributed by atoms with E-state index < -0.39 is 23.6 Å². The zero-order valence-corrected chi connectivity index (χ0v) is 19.3. The minimum Gasteiger partial charge on any atom is -0.397 e. The highest BCUT2D eigenvalue weighted by atomic mass is 19.4. The number of carbonyl (C=O) groups is 2. The Hall–Kier alpha value is -5.00. The lowest BCUT2D eigenvalue weighted by atomic mass is 10.0. The number of nitrogen functional groups attached to an aromatic ring is 1. The average Bonchev–Trinajstić information content (AvgIpc) is 3.29. The van der Waals surface area contributed by atoms with Gasteiger partial charge in [-0.25, -0.2) is 9.98 Å². The molecule has 2 amide bonds. The Morgan fingerprint density at radius 3 is 2.35 bits per heavy atom. The number of alkyl halides is 3. The number of hydrogen-bond acceptors (Lipinski definition) is 6. The molecule has 9 nitrogen and oxygen atoms in total. The van der Waals surface area contributed by atoms with Gasteiger partial charge in [-0.15, -0.1) is 0 Å². The molecule has 0 saturated carbocycles. The molecule has 0 aliphatic heterocycles. The summed E-state index contributed by atoms with van der Waals surface area (Å²) < 4.78 is 42.4. The number of nitrogens with two attached hydrogens (primary N) is 2. The molecule has 37 heavy (non-hydrogen) atoms. The molecule has 0 aliphatic rings. The summed E-state index contributed by atoms with van der Waals surface area (Å²) in [6.45, 7) is 0. The number of nitrogens with one attached hydrogen (secondary N) is 1. The Kier molecular flexibility index (Phi) is 6.74. The number of amides is 2. The van der Waals surface area contributed by atoms with Gasteiger partial charge < -0.3 is 16.8 Å². The van der Waals surface area contributed by atoms with Crippen LogP contribution in [-0.4, -0.2) is 32.4 Å². The molecule has 12 heteroatoms. The van der Waals surface area contributed by atoms with Crippen molar-refractivity contribution in [3.05, 3.63) is 95.4 Å². The first-order chi connectivity index (χ1) is 17.5. The van der Waals surface area contributed by atoms with E-state index in [4.69, 9.17) is 11.5 Å². The summed E-state index contributed by atoms with van der Waals surface area (Å²) in [6, 6.07) is 14.2. The van der Waals surface area contributed by atoms with Crippen LogP contribution in [0.2, 0.25) is 0 Å². The van der Waals surface area contributed by atoms with E-state index in [1.54, 1.807) is 37.4 Å². The van der Waals surface area contributed by atoms with Crippen LogP contribution >= 0.6 is 0 Å². The first-order valence-electron chi connectivity index (χ1n) is 10.7. The third-order valence-electron chi connectivity index (χ3n) is 5.23. The number of anilines is 1. The number of amidine groups is 1. The Labute approximate surface area is 208 Å². The van der Waals surface area contributed by atoms with Gasteiger partial charge in [0.05, 0.1) is 28.2 Å². The fourth-order valence-electron chi connectivity index (χ4n) is 3.47. The lowest BCUT2D eigenvalue weighted by molar-refractivity contribution is -0.137. The van der Waals surface area contributed by atoms with E-state index in [9.17, 15) is 22.8 Å². The Balaban J connectivity index is 1.76. The second-order valence-electron chi connectivity index (χ2n) is 7.91. The van der Waals surface area contributed by atoms with Gasteiger partial charge in [-0.05, 0) is 42.5 Å². The van der Waals surface area contributed by atoms with E-state index in [1.807, 2.05) is 0 Å². The zero-order chi connectivity index (χ0) is 26.7. The van der Waals surface area contributed by atoms with Crippen molar-refractivity contribution in [1.82, 2.24) is 20.1 Å². The molecule has 0 saturated heterocycles. The van der Waals surface area contributed by atoms with Gasteiger partial charge in [0.1, 0.15) is 5.69 Å². The summed E-state index contributed by atoms with van der Waals surface area (Å²) in [5, 5.41) is 6.63. The maximum atomic E-state index is 13.7. The van der Waals surface area contributed by atoms with Gasteiger partial charge in [0.25, 0.3) is 5.91 Å². The van der Waals surface area contributed by atoms with Gasteiger partial charge in [-0.2, -0.15) is 18.3 Å². The number of aromatic nitrogens is 3. The van der Waals surface area contributed by atoms with E-state index >= 15 is 0 Å². The van der Waals surface area contributed by atoms with Gasteiger partial charge in [0, 0.05) is 30.6 Å². The number of halogens is 3. The number of pyridine rings is 1. The SMILES string of the molecule is Cn1ccc(-c2cc(C(=O)NC(=Nc3ccccc3)c3ncc(C(N)=O)cc3N)ccc2C(F)(F)F)n1. The summed E-state index contributed by atoms with van der Waals surface area (Å²) in [5.74, 6) is -1.59. The highest BCUT2D eigenvalue weighted by molar-refractivity contribution is 6.15. The predicted octanol–water partition coefficient (Wildman–Crippen LogP) is 3.69. The maximum absolute atomic E-state index is 13.7. The van der Waals surface area contributed by atoms with Gasteiger partial charge in [-0.1, -0.05) is 18.2 Å². The smallest absolute Gasteiger partial charge is 0.397 e. The molecule has 0 aliphatic carbocycles. The number of para-hydroxylation sites is 1. The number of benzene rings is 2. The van der Waals surface area contributed by atoms with E-state index in [-0.39, 0.29) is 39.6 Å². The van der Waals surface area contributed by atoms with Crippen molar-refractivity contribution >= 4 is 29.0 Å². The number of primary amides is 1. The molecule has 5 N–H and O–H groups in total. The van der Waals surface area contributed by atoms with Crippen LogP contribution in [0.25, 0.3) is 11.3 Å². The summed E-state index contributed by atoms with van der Waals surface area (Å²) in [7, 11) is 1.57. The summed E-state index contributed by atoms with van der Waals surface area (Å²) in [6.07, 6.45) is -1.99. The highest BCUT2D eigenvalue weighted by Gasteiger charge is 2.34. The third kappa shape index (κ3) is 5.64. The monoisotopic (exact) mass is 507 g/mol. The topological polar surface area (TPSA) is 141 Å². The van der Waals surface area contributed by atoms with Crippen molar-refractivity contribution in [2.75, 3.05) is 5.73 Å². The van der Waals surface area contributed by atoms with Crippen LogP contribution < -0.4 is 16.8 Å². The molecule has 4 rings (SSSR count). The van der Waals surface area contributed by atoms with Crippen molar-refractivity contribution in [1.29, 1.82) is 0 Å². The van der Waals surface area contributed by atoms with Crippen LogP contribution in [0.5, 0.6) is 0 Å². The molecule has 0 radical (unpaired) electrons. The molecule has 188 valence electrons. The molecule has 0 fully saturated rings. The number of nitrogens with zero attached hydrogens (tertiary/aromatic N) is 4. The van der Waals surface area contributed by atoms with Gasteiger partial charge in [0.15, 0.2) is 5.84 Å². The molecule has 2 heterocycles. The molecular formula is C25H20F3N7O2. The third-order valence-corrected chi connectivity index (χ3v) is 5.23. The average molecular weight is 507 g/mol. The van der Waals surface area contributed by atoms with Crippen molar-refractivity contribution in [3.8, 4) is 11.3 Å². The lowest BCUT2D eigenvalue weighted by Crippen LogP contribution is -2.33. The summed E-state index contributed by atoms with van der Waals surface area (Å²) >= 11 is 0. The molecule has 0 bridgehead atoms. The largest absolute Gasteiger partial charge is 0.417 e. The summed E-state index contributed by atoms with van der Waals surface area (Å²) in [5.41, 5.74) is 10.7. The van der Waals surface area contributed by atoms with Crippen LogP contribution in [0.1, 0.15) is 32.0 Å². The predicted molar refractivity (Wildman–Crippen MR) is 131 cm³/mol. The normalized spacial score (nSPS) is 11.8. The molecule has 2 aromatic heterocycles. The number of carbonyl (C=O) groups excluding carboxylic acids is 2. The van der Waals surface area contributed by atoms with Crippen molar-refractivity contribution in [2.45, 2.75) is 6.18 Å². The van der Waals surface area contributed by atoms with Gasteiger partial charge in [-0.3, -0.25) is 14.3 Å². The van der Waals surface area contributed by atoms with Crippen LogP contribution in [0, 0.1) is 0 Å². The minimum atomic E-state index is -4.66. The van der Waals surface area contributed by atoms with E-state index in [2.05, 4.69) is 20.4 Å². The van der Waals surface area contributed by atoms with Gasteiger partial charge >= 0.3 is 6.18 Å². The molecule has 0 spiro atoms. The second kappa shape index (κ2) is 9.93. The number of aliphatic imine (C=N–C) groups is 1. The lowest BCUT2D eigenvalue weighted by Gasteiger charge is -2.14. The standard InChI is InChI=1S/C25H20F3N7O2/c1-35-10-9-20(34-35)17-11-14(7-8-18(17)25(26,27)28)24(37)33-23(32-16-5-3-2-4-6-16)21-19(29)12-15(13-31-21)22(30)36/h2-13H,29H2,1H3,(H2,30,36)(H,32,33,37). The summed E-state index contributed by atoms with van der Waals surface area (Å²) in [4.78, 5) is 33.2. The minimum absolute atomic E-state index is 0.00729. The van der Waals surface area contributed by atoms with Crippen LogP contribution in [-0.2, 0) is 13.2 Å². The fraction of sp³-hybridized carbons (Fsp3) is 0.0800. The molecule has 2 aromatic carbocycles. The molecule has 0 unspecified atom stereocenters. The fourth-order valence-corrected chi connectivity index (χ4v) is 3.47. The molecule has 4 aromatic rings. The Bertz CT molecular complexity index is 1510. The quantitative estimate of drug-likeness (QED) is 0.279. The highest BCUT2D eigenvalue weighted by Crippen LogP contribution is 2.37. The van der Waals surface area contributed by atoms with E-state index in [0.717, 1.165) is 18.2 Å². The van der Waals surface area contributed by atoms with Crippen molar-refractivity contribution in [3.63, 3.8) is 0 Å². The first-order valence-corrected chi connectivity index (χ1v) is 10.7. The zero-order valence-electron chi connectivity index (χ0n) is 19.3. The van der Waals surface area contributed by atoms with Crippen molar-refractivity contribution < 1.29 is 22.8 Å². The molecule has 0 atom stereocenters. The van der Waals surface area contributed by atoms with Gasteiger partial charge in [0.2, 0.25) is 5.91 Å². The first kappa shape index (κ1) is 25.1.